The summed E-state index contributed by atoms with van der Waals surface area (Å²) in [6.07, 6.45) is 3.78. The van der Waals surface area contributed by atoms with E-state index in [1.807, 2.05) is 80.6 Å². The second-order valence-corrected chi connectivity index (χ2v) is 13.4. The zero-order valence-corrected chi connectivity index (χ0v) is 30.1. The monoisotopic (exact) mass is 709 g/mol. The largest absolute Gasteiger partial charge is 0.462 e. The van der Waals surface area contributed by atoms with Crippen LogP contribution < -0.4 is 16.0 Å². The van der Waals surface area contributed by atoms with Crippen LogP contribution in [0.5, 0.6) is 0 Å². The van der Waals surface area contributed by atoms with Crippen LogP contribution in [-0.4, -0.2) is 66.9 Å². The Balaban J connectivity index is 1.31. The fourth-order valence-electron chi connectivity index (χ4n) is 6.34. The number of aliphatic hydroxyl groups is 1. The summed E-state index contributed by atoms with van der Waals surface area (Å²) in [6, 6.07) is 23.5. The minimum Gasteiger partial charge on any atom is -0.462 e. The van der Waals surface area contributed by atoms with Crippen LogP contribution in [0.4, 0.5) is 4.79 Å². The van der Waals surface area contributed by atoms with Crippen LogP contribution in [0.1, 0.15) is 62.1 Å². The van der Waals surface area contributed by atoms with Crippen molar-refractivity contribution < 1.29 is 33.8 Å². The van der Waals surface area contributed by atoms with Crippen LogP contribution in [0.25, 0.3) is 11.1 Å². The van der Waals surface area contributed by atoms with Gasteiger partial charge in [-0.2, -0.15) is 0 Å². The minimum atomic E-state index is -0.996. The summed E-state index contributed by atoms with van der Waals surface area (Å²) in [5.74, 6) is -2.39. The number of hydrogen-bond donors (Lipinski definition) is 4. The second kappa shape index (κ2) is 20.0. The molecule has 0 radical (unpaired) electrons. The molecule has 10 nitrogen and oxygen atoms in total. The number of ether oxygens (including phenoxy) is 2. The molecule has 3 aromatic carbocycles. The molecular formula is C42H51N3O7. The molecule has 1 aliphatic carbocycles. The number of aliphatic hydroxyl groups excluding tert-OH is 1. The van der Waals surface area contributed by atoms with E-state index in [1.165, 1.54) is 0 Å². The first kappa shape index (κ1) is 39.6. The lowest BCUT2D eigenvalue weighted by Gasteiger charge is -2.26. The number of hydrogen-bond acceptors (Lipinski definition) is 7. The Bertz CT molecular complexity index is 1630. The number of amides is 3. The van der Waals surface area contributed by atoms with Gasteiger partial charge in [-0.15, -0.1) is 13.2 Å². The quantitative estimate of drug-likeness (QED) is 0.0852. The van der Waals surface area contributed by atoms with Gasteiger partial charge in [-0.05, 0) is 59.4 Å². The fraction of sp³-hybridized carbons (Fsp3) is 0.381. The van der Waals surface area contributed by atoms with Crippen LogP contribution in [0, 0.1) is 11.8 Å². The predicted octanol–water partition coefficient (Wildman–Crippen LogP) is 5.85. The molecule has 1 aliphatic rings. The van der Waals surface area contributed by atoms with E-state index in [0.717, 1.165) is 27.8 Å². The summed E-state index contributed by atoms with van der Waals surface area (Å²) in [5.41, 5.74) is 5.35. The Morgan fingerprint density at radius 2 is 1.46 bits per heavy atom. The van der Waals surface area contributed by atoms with Gasteiger partial charge in [-0.3, -0.25) is 9.59 Å². The zero-order valence-electron chi connectivity index (χ0n) is 30.1. The molecule has 4 rings (SSSR count). The van der Waals surface area contributed by atoms with E-state index >= 15 is 0 Å². The summed E-state index contributed by atoms with van der Waals surface area (Å²) in [4.78, 5) is 52.7. The second-order valence-electron chi connectivity index (χ2n) is 13.4. The van der Waals surface area contributed by atoms with Crippen LogP contribution in [0.2, 0.25) is 0 Å². The highest BCUT2D eigenvalue weighted by Gasteiger charge is 2.31. The third kappa shape index (κ3) is 11.1. The van der Waals surface area contributed by atoms with Crippen molar-refractivity contribution in [3.8, 4) is 11.1 Å². The molecule has 4 N–H and O–H groups in total. The fourth-order valence-corrected chi connectivity index (χ4v) is 6.34. The van der Waals surface area contributed by atoms with Crippen molar-refractivity contribution in [2.24, 2.45) is 11.8 Å². The lowest BCUT2D eigenvalue weighted by Crippen LogP contribution is -2.48. The van der Waals surface area contributed by atoms with E-state index in [1.54, 1.807) is 12.2 Å². The zero-order chi connectivity index (χ0) is 37.5. The number of fused-ring (bicyclic) bond motifs is 3. The maximum atomic E-state index is 13.4. The average molecular weight is 710 g/mol. The summed E-state index contributed by atoms with van der Waals surface area (Å²) in [7, 11) is 0. The number of carbonyl (C=O) groups excluding carboxylic acids is 4. The molecular weight excluding hydrogens is 658 g/mol. The first-order valence-corrected chi connectivity index (χ1v) is 17.9. The van der Waals surface area contributed by atoms with Gasteiger partial charge in [0.05, 0.1) is 24.6 Å². The molecule has 0 aliphatic heterocycles. The Kier molecular flexibility index (Phi) is 15.2. The highest BCUT2D eigenvalue weighted by Crippen LogP contribution is 2.44. The van der Waals surface area contributed by atoms with E-state index in [2.05, 4.69) is 41.2 Å². The molecule has 3 aromatic rings. The summed E-state index contributed by atoms with van der Waals surface area (Å²) >= 11 is 0. The molecule has 0 aromatic heterocycles. The number of benzene rings is 3. The molecule has 4 atom stereocenters. The Labute approximate surface area is 306 Å². The molecule has 0 saturated heterocycles. The number of alkyl carbamates (subject to hydrolysis) is 1. The third-order valence-electron chi connectivity index (χ3n) is 9.28. The molecule has 4 unspecified atom stereocenters. The maximum absolute atomic E-state index is 13.4. The van der Waals surface area contributed by atoms with Crippen molar-refractivity contribution >= 4 is 23.9 Å². The molecule has 3 amide bonds. The van der Waals surface area contributed by atoms with Crippen molar-refractivity contribution in [2.45, 2.75) is 70.0 Å². The van der Waals surface area contributed by atoms with E-state index in [-0.39, 0.29) is 62.7 Å². The summed E-state index contributed by atoms with van der Waals surface area (Å²) in [5, 5.41) is 18.3. The van der Waals surface area contributed by atoms with Gasteiger partial charge in [0.25, 0.3) is 0 Å². The van der Waals surface area contributed by atoms with Crippen LogP contribution >= 0.6 is 0 Å². The molecule has 276 valence electrons. The molecule has 52 heavy (non-hydrogen) atoms. The van der Waals surface area contributed by atoms with Crippen molar-refractivity contribution in [1.29, 1.82) is 0 Å². The first-order chi connectivity index (χ1) is 25.1. The smallest absolute Gasteiger partial charge is 0.407 e. The molecule has 0 fully saturated rings. The van der Waals surface area contributed by atoms with E-state index in [4.69, 9.17) is 9.47 Å². The highest BCUT2D eigenvalue weighted by molar-refractivity contribution is 5.86. The number of nitrogens with one attached hydrogen (secondary N) is 3. The van der Waals surface area contributed by atoms with E-state index in [0.29, 0.717) is 12.8 Å². The van der Waals surface area contributed by atoms with Gasteiger partial charge in [-0.25, -0.2) is 9.59 Å². The SMILES string of the molecule is C=CCCC(NC(=O)OCC1c2ccccc2-c2ccccc21)C(=O)OCC(NC(=O)C(CC=C)CC(=O)NC(CO)Cc1ccccc1)C(C)C. The van der Waals surface area contributed by atoms with Crippen molar-refractivity contribution in [2.75, 3.05) is 19.8 Å². The van der Waals surface area contributed by atoms with Gasteiger partial charge >= 0.3 is 12.1 Å². The average Bonchev–Trinajstić information content (AvgIpc) is 3.47. The third-order valence-corrected chi connectivity index (χ3v) is 9.28. The predicted molar refractivity (Wildman–Crippen MR) is 201 cm³/mol. The Hall–Kier alpha value is -5.22. The number of esters is 1. The van der Waals surface area contributed by atoms with E-state index < -0.39 is 36.1 Å². The molecule has 0 bridgehead atoms. The number of allylic oxidation sites excluding steroid dienone is 2. The molecule has 10 heteroatoms. The number of rotatable bonds is 20. The van der Waals surface area contributed by atoms with Gasteiger partial charge in [0.2, 0.25) is 11.8 Å². The van der Waals surface area contributed by atoms with Crippen molar-refractivity contribution in [1.82, 2.24) is 16.0 Å². The molecule has 0 saturated carbocycles. The van der Waals surface area contributed by atoms with Crippen LogP contribution in [0.15, 0.2) is 104 Å². The summed E-state index contributed by atoms with van der Waals surface area (Å²) in [6.45, 7) is 11.0. The Morgan fingerprint density at radius 1 is 0.827 bits per heavy atom. The van der Waals surface area contributed by atoms with Crippen LogP contribution in [-0.2, 0) is 30.3 Å². The van der Waals surface area contributed by atoms with Gasteiger partial charge in [-0.1, -0.05) is 105 Å². The van der Waals surface area contributed by atoms with Crippen molar-refractivity contribution in [3.63, 3.8) is 0 Å². The molecule has 0 heterocycles. The van der Waals surface area contributed by atoms with Crippen molar-refractivity contribution in [3.05, 3.63) is 121 Å². The highest BCUT2D eigenvalue weighted by atomic mass is 16.6. The number of carbonyl (C=O) groups is 4. The summed E-state index contributed by atoms with van der Waals surface area (Å²) < 4.78 is 11.3. The normalized spacial score (nSPS) is 14.2. The topological polar surface area (TPSA) is 143 Å². The lowest BCUT2D eigenvalue weighted by atomic mass is 9.97. The molecule has 0 spiro atoms. The first-order valence-electron chi connectivity index (χ1n) is 17.9. The van der Waals surface area contributed by atoms with Gasteiger partial charge in [0.15, 0.2) is 0 Å². The standard InChI is InChI=1S/C42H51N3O7/c1-5-7-22-37(45-42(50)52-26-36-34-20-13-11-18-32(34)33-19-12-14-21-35(33)36)41(49)51-27-38(28(3)4)44-40(48)30(15-6-2)24-39(47)43-31(25-46)23-29-16-9-8-10-17-29/h5-6,8-14,16-21,28,30-31,36-38,46H,1-2,7,15,22-27H2,3-4H3,(H,43,47)(H,44,48)(H,45,50). The van der Waals surface area contributed by atoms with E-state index in [9.17, 15) is 24.3 Å². The lowest BCUT2D eigenvalue weighted by molar-refractivity contribution is -0.148. The van der Waals surface area contributed by atoms with Gasteiger partial charge < -0.3 is 30.5 Å². The Morgan fingerprint density at radius 3 is 2.06 bits per heavy atom. The van der Waals surface area contributed by atoms with Crippen LogP contribution in [0.3, 0.4) is 0 Å². The minimum absolute atomic E-state index is 0.0993. The van der Waals surface area contributed by atoms with Gasteiger partial charge in [0, 0.05) is 12.3 Å². The van der Waals surface area contributed by atoms with Gasteiger partial charge in [0.1, 0.15) is 19.3 Å². The maximum Gasteiger partial charge on any atom is 0.407 e.